The van der Waals surface area contributed by atoms with Crippen LogP contribution in [0.15, 0.2) is 41.3 Å². The van der Waals surface area contributed by atoms with Crippen molar-refractivity contribution in [3.8, 4) is 0 Å². The Morgan fingerprint density at radius 3 is 2.15 bits per heavy atom. The Morgan fingerprint density at radius 2 is 1.70 bits per heavy atom. The average molecular weight is 291 g/mol. The molecular formula is C17H25NOS. The topological polar surface area (TPSA) is 43.1 Å². The summed E-state index contributed by atoms with van der Waals surface area (Å²) in [5.41, 5.74) is 6.61. The Bertz CT molecular complexity index is 481. The summed E-state index contributed by atoms with van der Waals surface area (Å²) < 4.78 is 0. The van der Waals surface area contributed by atoms with Crippen LogP contribution in [0.2, 0.25) is 0 Å². The number of amides is 1. The van der Waals surface area contributed by atoms with E-state index in [-0.39, 0.29) is 10.8 Å². The molecule has 0 saturated heterocycles. The SMILES string of the molecule is CC(C)(C=CC(N)=O)CSc1ccc(C(C)(C)C)cc1. The number of primary amides is 1. The summed E-state index contributed by atoms with van der Waals surface area (Å²) in [7, 11) is 0. The zero-order valence-electron chi connectivity index (χ0n) is 13.1. The molecule has 0 bridgehead atoms. The molecule has 0 aromatic heterocycles. The van der Waals surface area contributed by atoms with E-state index in [0.717, 1.165) is 5.75 Å². The summed E-state index contributed by atoms with van der Waals surface area (Å²) >= 11 is 1.79. The minimum atomic E-state index is -0.391. The van der Waals surface area contributed by atoms with E-state index in [2.05, 4.69) is 58.9 Å². The summed E-state index contributed by atoms with van der Waals surface area (Å²) in [4.78, 5) is 12.0. The Kier molecular flexibility index (Phi) is 5.46. The van der Waals surface area contributed by atoms with Gasteiger partial charge in [0.1, 0.15) is 0 Å². The van der Waals surface area contributed by atoms with Gasteiger partial charge >= 0.3 is 0 Å². The minimum Gasteiger partial charge on any atom is -0.366 e. The highest BCUT2D eigenvalue weighted by molar-refractivity contribution is 7.99. The summed E-state index contributed by atoms with van der Waals surface area (Å²) in [5.74, 6) is 0.517. The van der Waals surface area contributed by atoms with Crippen LogP contribution >= 0.6 is 11.8 Å². The van der Waals surface area contributed by atoms with Crippen LogP contribution in [0, 0.1) is 5.41 Å². The molecule has 0 atom stereocenters. The molecule has 3 heteroatoms. The van der Waals surface area contributed by atoms with Gasteiger partial charge in [0, 0.05) is 10.6 Å². The number of allylic oxidation sites excluding steroid dienone is 1. The van der Waals surface area contributed by atoms with Crippen LogP contribution in [0.1, 0.15) is 40.2 Å². The van der Waals surface area contributed by atoms with Crippen LogP contribution in [0.5, 0.6) is 0 Å². The van der Waals surface area contributed by atoms with E-state index in [1.165, 1.54) is 16.5 Å². The normalized spacial score (nSPS) is 12.8. The van der Waals surface area contributed by atoms with Gasteiger partial charge in [-0.3, -0.25) is 4.79 Å². The quantitative estimate of drug-likeness (QED) is 0.654. The number of benzene rings is 1. The van der Waals surface area contributed by atoms with Gasteiger partial charge in [0.25, 0.3) is 0 Å². The standard InChI is InChI=1S/C17H25NOS/c1-16(2,3)13-6-8-14(9-7-13)20-12-17(4,5)11-10-15(18)19/h6-11H,12H2,1-5H3,(H2,18,19). The molecule has 0 aliphatic carbocycles. The lowest BCUT2D eigenvalue weighted by Crippen LogP contribution is -2.14. The Morgan fingerprint density at radius 1 is 1.15 bits per heavy atom. The van der Waals surface area contributed by atoms with E-state index in [9.17, 15) is 4.79 Å². The summed E-state index contributed by atoms with van der Waals surface area (Å²) in [5, 5.41) is 0. The molecule has 110 valence electrons. The first-order valence-corrected chi connectivity index (χ1v) is 7.81. The molecule has 1 aromatic carbocycles. The predicted octanol–water partition coefficient (Wildman–Crippen LogP) is 4.14. The Hall–Kier alpha value is -1.22. The molecule has 0 fully saturated rings. The van der Waals surface area contributed by atoms with E-state index < -0.39 is 5.91 Å². The number of hydrogen-bond acceptors (Lipinski definition) is 2. The lowest BCUT2D eigenvalue weighted by molar-refractivity contribution is -0.113. The van der Waals surface area contributed by atoms with Gasteiger partial charge < -0.3 is 5.73 Å². The van der Waals surface area contributed by atoms with Gasteiger partial charge in [0.15, 0.2) is 0 Å². The average Bonchev–Trinajstić information content (AvgIpc) is 2.34. The lowest BCUT2D eigenvalue weighted by Gasteiger charge is -2.21. The maximum Gasteiger partial charge on any atom is 0.241 e. The number of hydrogen-bond donors (Lipinski definition) is 1. The third-order valence-corrected chi connectivity index (χ3v) is 4.52. The smallest absolute Gasteiger partial charge is 0.241 e. The highest BCUT2D eigenvalue weighted by Crippen LogP contribution is 2.30. The third kappa shape index (κ3) is 5.83. The molecule has 2 N–H and O–H groups in total. The minimum absolute atomic E-state index is 0.0532. The monoisotopic (exact) mass is 291 g/mol. The zero-order valence-corrected chi connectivity index (χ0v) is 13.9. The molecule has 20 heavy (non-hydrogen) atoms. The largest absolute Gasteiger partial charge is 0.366 e. The highest BCUT2D eigenvalue weighted by atomic mass is 32.2. The van der Waals surface area contributed by atoms with Crippen molar-refractivity contribution in [3.63, 3.8) is 0 Å². The molecule has 0 saturated carbocycles. The number of carbonyl (C=O) groups is 1. The molecule has 0 radical (unpaired) electrons. The number of thioether (sulfide) groups is 1. The van der Waals surface area contributed by atoms with Crippen LogP contribution < -0.4 is 5.73 Å². The Labute approximate surface area is 126 Å². The van der Waals surface area contributed by atoms with Gasteiger partial charge in [0.05, 0.1) is 0 Å². The van der Waals surface area contributed by atoms with Crippen LogP contribution in [0.25, 0.3) is 0 Å². The van der Waals surface area contributed by atoms with Crippen LogP contribution in [-0.2, 0) is 10.2 Å². The van der Waals surface area contributed by atoms with E-state index in [1.807, 2.05) is 6.08 Å². The van der Waals surface area contributed by atoms with E-state index in [1.54, 1.807) is 11.8 Å². The fourth-order valence-corrected chi connectivity index (χ4v) is 2.64. The molecule has 1 amide bonds. The van der Waals surface area contributed by atoms with Crippen molar-refractivity contribution >= 4 is 17.7 Å². The highest BCUT2D eigenvalue weighted by Gasteiger charge is 2.16. The molecule has 0 unspecified atom stereocenters. The maximum absolute atomic E-state index is 10.8. The summed E-state index contributed by atoms with van der Waals surface area (Å²) in [6, 6.07) is 8.71. The van der Waals surface area contributed by atoms with Crippen molar-refractivity contribution in [1.82, 2.24) is 0 Å². The van der Waals surface area contributed by atoms with Crippen LogP contribution in [0.4, 0.5) is 0 Å². The summed E-state index contributed by atoms with van der Waals surface area (Å²) in [6.07, 6.45) is 3.33. The van der Waals surface area contributed by atoms with Crippen molar-refractivity contribution in [3.05, 3.63) is 42.0 Å². The van der Waals surface area contributed by atoms with Gasteiger partial charge in [0.2, 0.25) is 5.91 Å². The van der Waals surface area contributed by atoms with Crippen molar-refractivity contribution in [2.75, 3.05) is 5.75 Å². The Balaban J connectivity index is 2.64. The first-order chi connectivity index (χ1) is 9.10. The maximum atomic E-state index is 10.8. The fraction of sp³-hybridized carbons (Fsp3) is 0.471. The second-order valence-corrected chi connectivity index (χ2v) is 7.84. The van der Waals surface area contributed by atoms with Crippen molar-refractivity contribution < 1.29 is 4.79 Å². The lowest BCUT2D eigenvalue weighted by atomic mass is 9.87. The van der Waals surface area contributed by atoms with Crippen molar-refractivity contribution in [2.24, 2.45) is 11.1 Å². The molecule has 0 aliphatic heterocycles. The van der Waals surface area contributed by atoms with Crippen LogP contribution in [0.3, 0.4) is 0 Å². The van der Waals surface area contributed by atoms with Gasteiger partial charge in [-0.15, -0.1) is 11.8 Å². The van der Waals surface area contributed by atoms with Crippen molar-refractivity contribution in [2.45, 2.75) is 44.9 Å². The summed E-state index contributed by atoms with van der Waals surface area (Å²) in [6.45, 7) is 10.8. The van der Waals surface area contributed by atoms with Gasteiger partial charge in [-0.05, 0) is 34.6 Å². The molecule has 2 nitrogen and oxygen atoms in total. The zero-order chi connectivity index (χ0) is 15.4. The molecule has 1 aromatic rings. The van der Waals surface area contributed by atoms with Gasteiger partial charge in [-0.1, -0.05) is 52.8 Å². The van der Waals surface area contributed by atoms with E-state index in [0.29, 0.717) is 0 Å². The predicted molar refractivity (Wildman–Crippen MR) is 88.0 cm³/mol. The van der Waals surface area contributed by atoms with E-state index in [4.69, 9.17) is 5.73 Å². The molecule has 0 aliphatic rings. The van der Waals surface area contributed by atoms with E-state index >= 15 is 0 Å². The first-order valence-electron chi connectivity index (χ1n) is 6.82. The number of nitrogens with two attached hydrogens (primary N) is 1. The second-order valence-electron chi connectivity index (χ2n) is 6.79. The molecule has 1 rings (SSSR count). The number of carbonyl (C=O) groups excluding carboxylic acids is 1. The number of rotatable bonds is 5. The molecule has 0 spiro atoms. The van der Waals surface area contributed by atoms with Crippen molar-refractivity contribution in [1.29, 1.82) is 0 Å². The fourth-order valence-electron chi connectivity index (χ4n) is 1.68. The molecular weight excluding hydrogens is 266 g/mol. The second kappa shape index (κ2) is 6.49. The van der Waals surface area contributed by atoms with Gasteiger partial charge in [-0.25, -0.2) is 0 Å². The molecule has 0 heterocycles. The van der Waals surface area contributed by atoms with Crippen LogP contribution in [-0.4, -0.2) is 11.7 Å². The first kappa shape index (κ1) is 16.8. The van der Waals surface area contributed by atoms with Gasteiger partial charge in [-0.2, -0.15) is 0 Å². The third-order valence-electron chi connectivity index (χ3n) is 3.03.